The molecule has 0 aliphatic rings. The van der Waals surface area contributed by atoms with E-state index in [-0.39, 0.29) is 47.6 Å². The third-order valence-corrected chi connectivity index (χ3v) is 0. The van der Waals surface area contributed by atoms with E-state index in [1.807, 2.05) is 0 Å². The van der Waals surface area contributed by atoms with Crippen molar-refractivity contribution >= 4 is 58.0 Å². The average molecular weight is 167 g/mol. The zero-order chi connectivity index (χ0) is 4.50. The molecular weight excluding hydrogens is 167 g/mol. The summed E-state index contributed by atoms with van der Waals surface area (Å²) in [5.41, 5.74) is 0. The van der Waals surface area contributed by atoms with Gasteiger partial charge in [-0.1, -0.05) is 0 Å². The van der Waals surface area contributed by atoms with Crippen molar-refractivity contribution in [3.05, 3.63) is 0 Å². The first-order chi connectivity index (χ1) is 2.00. The van der Waals surface area contributed by atoms with Gasteiger partial charge in [0.2, 0.25) is 0 Å². The van der Waals surface area contributed by atoms with Crippen molar-refractivity contribution in [2.45, 2.75) is 0 Å². The molecule has 4 nitrogen and oxygen atoms in total. The fraction of sp³-hybridized carbons (Fsp3) is 0. The minimum atomic E-state index is -5.17. The van der Waals surface area contributed by atoms with Gasteiger partial charge in [0.25, 0.3) is 0 Å². The smallest absolute Gasteiger partial charge is 0.759 e. The molecule has 0 aromatic rings. The molecule has 0 aromatic heterocycles. The molecule has 0 aliphatic carbocycles. The number of rotatable bonds is 0. The largest absolute Gasteiger partial charge is 2.00 e. The Morgan fingerprint density at radius 2 is 1.14 bits per heavy atom. The fourth-order valence-electron chi connectivity index (χ4n) is 0. The van der Waals surface area contributed by atoms with Gasteiger partial charge >= 0.3 is 37.7 Å². The minimum absolute atomic E-state index is 0. The summed E-state index contributed by atoms with van der Waals surface area (Å²) >= 11 is 0. The molecule has 0 saturated carbocycles. The molecule has 0 unspecified atom stereocenters. The maximum Gasteiger partial charge on any atom is 2.00 e. The van der Waals surface area contributed by atoms with Crippen molar-refractivity contribution in [1.82, 2.24) is 0 Å². The van der Waals surface area contributed by atoms with Gasteiger partial charge < -0.3 is 9.11 Å². The summed E-state index contributed by atoms with van der Waals surface area (Å²) in [6, 6.07) is 0. The van der Waals surface area contributed by atoms with Crippen LogP contribution >= 0.6 is 9.90 Å². The Hall–Kier alpha value is 1.56. The Morgan fingerprint density at radius 1 is 1.14 bits per heavy atom. The molecule has 0 atom stereocenters. The van der Waals surface area contributed by atoms with Gasteiger partial charge in [-0.2, -0.15) is 0 Å². The fourth-order valence-corrected chi connectivity index (χ4v) is 0. The van der Waals surface area contributed by atoms with Gasteiger partial charge in [-0.25, -0.2) is 0 Å². The van der Waals surface area contributed by atoms with E-state index in [4.69, 9.17) is 17.5 Å². The van der Waals surface area contributed by atoms with E-state index < -0.39 is 10.4 Å². The molecule has 0 amide bonds. The maximum absolute atomic E-state index is 8.52. The van der Waals surface area contributed by atoms with E-state index in [2.05, 4.69) is 0 Å². The van der Waals surface area contributed by atoms with Crippen LogP contribution in [0, 0.1) is 0 Å². The quantitative estimate of drug-likeness (QED) is 0.203. The van der Waals surface area contributed by atoms with Gasteiger partial charge in [0.05, 0.1) is 0 Å². The molecule has 0 aromatic carbocycles. The summed E-state index contributed by atoms with van der Waals surface area (Å²) in [5, 5.41) is 0. The van der Waals surface area contributed by atoms with Gasteiger partial charge in [0, 0.05) is 20.3 Å². The second kappa shape index (κ2) is 5.69. The summed E-state index contributed by atoms with van der Waals surface area (Å²) in [4.78, 5) is 0. The summed E-state index contributed by atoms with van der Waals surface area (Å²) < 4.78 is 34.1. The van der Waals surface area contributed by atoms with Gasteiger partial charge in [0.15, 0.2) is 0 Å². The molecule has 0 N–H and O–H groups in total. The molecule has 3 radical (unpaired) electrons. The van der Waals surface area contributed by atoms with E-state index >= 15 is 0 Å². The van der Waals surface area contributed by atoms with E-state index in [1.54, 1.807) is 0 Å². The third-order valence-electron chi connectivity index (χ3n) is 0. The van der Waals surface area contributed by atoms with E-state index in [0.717, 1.165) is 0 Å². The molecular formula is CaO4PS. The van der Waals surface area contributed by atoms with Gasteiger partial charge in [-0.15, -0.1) is 0 Å². The van der Waals surface area contributed by atoms with Crippen LogP contribution in [0.4, 0.5) is 0 Å². The SMILES string of the molecule is O=S(=O)([O-])[O-].[Ca+2].[P]. The number of hydrogen-bond acceptors (Lipinski definition) is 4. The Labute approximate surface area is 74.9 Å². The van der Waals surface area contributed by atoms with Crippen LogP contribution in [0.1, 0.15) is 0 Å². The summed E-state index contributed by atoms with van der Waals surface area (Å²) in [7, 11) is -5.17. The first kappa shape index (κ1) is 15.8. The van der Waals surface area contributed by atoms with Crippen LogP contribution in [0.3, 0.4) is 0 Å². The van der Waals surface area contributed by atoms with Crippen LogP contribution in [0.25, 0.3) is 0 Å². The normalized spacial score (nSPS) is 8.29. The van der Waals surface area contributed by atoms with Crippen LogP contribution in [0.15, 0.2) is 0 Å². The summed E-state index contributed by atoms with van der Waals surface area (Å²) in [5.74, 6) is 0. The van der Waals surface area contributed by atoms with Crippen LogP contribution in [0.5, 0.6) is 0 Å². The van der Waals surface area contributed by atoms with Crippen LogP contribution in [-0.4, -0.2) is 55.3 Å². The molecule has 0 spiro atoms. The maximum atomic E-state index is 8.52. The van der Waals surface area contributed by atoms with Crippen LogP contribution in [-0.2, 0) is 10.4 Å². The molecule has 0 aliphatic heterocycles. The topological polar surface area (TPSA) is 80.3 Å². The zero-order valence-electron chi connectivity index (χ0n) is 3.20. The van der Waals surface area contributed by atoms with E-state index in [0.29, 0.717) is 0 Å². The van der Waals surface area contributed by atoms with Crippen molar-refractivity contribution in [3.63, 3.8) is 0 Å². The van der Waals surface area contributed by atoms with Crippen molar-refractivity contribution in [2.75, 3.05) is 0 Å². The molecule has 0 fully saturated rings. The first-order valence-corrected chi connectivity index (χ1v) is 2.00. The zero-order valence-corrected chi connectivity index (χ0v) is 7.11. The number of hydrogen-bond donors (Lipinski definition) is 0. The first-order valence-electron chi connectivity index (χ1n) is 0.667. The van der Waals surface area contributed by atoms with Gasteiger partial charge in [-0.05, 0) is 0 Å². The van der Waals surface area contributed by atoms with Gasteiger partial charge in [0.1, 0.15) is 0 Å². The monoisotopic (exact) mass is 167 g/mol. The second-order valence-corrected chi connectivity index (χ2v) is 1.22. The van der Waals surface area contributed by atoms with Crippen molar-refractivity contribution in [1.29, 1.82) is 0 Å². The summed E-state index contributed by atoms with van der Waals surface area (Å²) in [6.45, 7) is 0. The van der Waals surface area contributed by atoms with Crippen molar-refractivity contribution < 1.29 is 17.5 Å². The second-order valence-electron chi connectivity index (χ2n) is 0.408. The van der Waals surface area contributed by atoms with Crippen molar-refractivity contribution in [3.8, 4) is 0 Å². The van der Waals surface area contributed by atoms with E-state index in [1.165, 1.54) is 0 Å². The van der Waals surface area contributed by atoms with Crippen LogP contribution in [0.2, 0.25) is 0 Å². The Bertz CT molecular complexity index is 94.9. The molecule has 37 valence electrons. The Morgan fingerprint density at radius 3 is 1.14 bits per heavy atom. The Kier molecular flexibility index (Phi) is 12.9. The average Bonchev–Trinajstić information content (AvgIpc) is 0.722. The molecule has 0 saturated heterocycles. The minimum Gasteiger partial charge on any atom is -0.759 e. The molecule has 0 rings (SSSR count). The standard InChI is InChI=1S/Ca.H2O4S.P/c;1-5(2,3)4;/h;(H2,1,2,3,4);/q+2;;/p-2. The van der Waals surface area contributed by atoms with Crippen molar-refractivity contribution in [2.24, 2.45) is 0 Å². The Balaban J connectivity index is -0.0000000800. The van der Waals surface area contributed by atoms with Gasteiger partial charge in [-0.3, -0.25) is 8.42 Å². The molecule has 7 heteroatoms. The molecule has 0 bridgehead atoms. The molecule has 7 heavy (non-hydrogen) atoms. The predicted octanol–water partition coefficient (Wildman–Crippen LogP) is -0.858. The van der Waals surface area contributed by atoms with E-state index in [9.17, 15) is 0 Å². The summed E-state index contributed by atoms with van der Waals surface area (Å²) in [6.07, 6.45) is 0. The van der Waals surface area contributed by atoms with Crippen LogP contribution < -0.4 is 0 Å². The molecule has 0 heterocycles. The third kappa shape index (κ3) is 96.1. The predicted molar refractivity (Wildman–Crippen MR) is 23.1 cm³/mol.